The first-order chi connectivity index (χ1) is 15.3. The fraction of sp³-hybridized carbons (Fsp3) is 0.440. The van der Waals surface area contributed by atoms with Crippen molar-refractivity contribution in [2.24, 2.45) is 5.92 Å². The average molecular weight is 477 g/mol. The van der Waals surface area contributed by atoms with Gasteiger partial charge in [-0.15, -0.1) is 11.8 Å². The molecule has 5 nitrogen and oxygen atoms in total. The van der Waals surface area contributed by atoms with Gasteiger partial charge >= 0.3 is 0 Å². The lowest BCUT2D eigenvalue weighted by Crippen LogP contribution is -2.49. The van der Waals surface area contributed by atoms with Crippen molar-refractivity contribution in [3.8, 4) is 5.75 Å². The molecular formula is C25H33ClN2O3S. The molecule has 2 aromatic rings. The Bertz CT molecular complexity index is 856. The number of thioether (sulfide) groups is 1. The van der Waals surface area contributed by atoms with Gasteiger partial charge in [-0.05, 0) is 54.3 Å². The third-order valence-electron chi connectivity index (χ3n) is 4.98. The Morgan fingerprint density at radius 2 is 1.75 bits per heavy atom. The number of hydrogen-bond acceptors (Lipinski definition) is 4. The Kier molecular flexibility index (Phi) is 10.9. The zero-order valence-corrected chi connectivity index (χ0v) is 20.8. The molecule has 0 spiro atoms. The molecular weight excluding hydrogens is 444 g/mol. The van der Waals surface area contributed by atoms with Crippen molar-refractivity contribution in [1.29, 1.82) is 0 Å². The predicted molar refractivity (Wildman–Crippen MR) is 132 cm³/mol. The molecule has 2 aromatic carbocycles. The summed E-state index contributed by atoms with van der Waals surface area (Å²) in [6.07, 6.45) is 0.896. The number of halogens is 1. The third kappa shape index (κ3) is 8.40. The number of rotatable bonds is 12. The van der Waals surface area contributed by atoms with E-state index in [9.17, 15) is 9.59 Å². The quantitative estimate of drug-likeness (QED) is 0.416. The Morgan fingerprint density at radius 1 is 1.09 bits per heavy atom. The molecule has 2 rings (SSSR count). The number of nitrogens with zero attached hydrogens (tertiary/aromatic N) is 1. The Hall–Kier alpha value is -2.18. The SMILES string of the molecule is CC[C@H](C(=O)NCC(C)C)N(Cc1ccc(OC)cc1)C(=O)CCSc1ccc(Cl)cc1. The number of methoxy groups -OCH3 is 1. The van der Waals surface area contributed by atoms with E-state index in [0.29, 0.717) is 42.6 Å². The molecule has 2 amide bonds. The summed E-state index contributed by atoms with van der Waals surface area (Å²) in [6.45, 7) is 7.01. The molecule has 0 aliphatic heterocycles. The Labute approximate surface area is 200 Å². The Morgan fingerprint density at radius 3 is 2.31 bits per heavy atom. The minimum Gasteiger partial charge on any atom is -0.497 e. The molecule has 0 heterocycles. The number of hydrogen-bond donors (Lipinski definition) is 1. The fourth-order valence-corrected chi connectivity index (χ4v) is 4.17. The van der Waals surface area contributed by atoms with Crippen molar-refractivity contribution in [1.82, 2.24) is 10.2 Å². The second kappa shape index (κ2) is 13.4. The smallest absolute Gasteiger partial charge is 0.242 e. The van der Waals surface area contributed by atoms with Gasteiger partial charge in [0.2, 0.25) is 11.8 Å². The summed E-state index contributed by atoms with van der Waals surface area (Å²) in [5, 5.41) is 3.68. The van der Waals surface area contributed by atoms with Gasteiger partial charge < -0.3 is 15.0 Å². The van der Waals surface area contributed by atoms with Crippen LogP contribution in [0.15, 0.2) is 53.4 Å². The molecule has 0 fully saturated rings. The van der Waals surface area contributed by atoms with E-state index in [0.717, 1.165) is 16.2 Å². The van der Waals surface area contributed by atoms with Crippen molar-refractivity contribution >= 4 is 35.2 Å². The lowest BCUT2D eigenvalue weighted by atomic mass is 10.1. The number of benzene rings is 2. The van der Waals surface area contributed by atoms with Crippen molar-refractivity contribution in [2.45, 2.75) is 51.1 Å². The number of amides is 2. The van der Waals surface area contributed by atoms with Crippen LogP contribution >= 0.6 is 23.4 Å². The Balaban J connectivity index is 2.11. The van der Waals surface area contributed by atoms with E-state index in [2.05, 4.69) is 19.2 Å². The van der Waals surface area contributed by atoms with E-state index in [-0.39, 0.29) is 11.8 Å². The summed E-state index contributed by atoms with van der Waals surface area (Å²) in [5.74, 6) is 1.59. The lowest BCUT2D eigenvalue weighted by Gasteiger charge is -2.31. The molecule has 174 valence electrons. The monoisotopic (exact) mass is 476 g/mol. The predicted octanol–water partition coefficient (Wildman–Crippen LogP) is 5.41. The zero-order valence-electron chi connectivity index (χ0n) is 19.3. The van der Waals surface area contributed by atoms with Gasteiger partial charge in [-0.3, -0.25) is 9.59 Å². The van der Waals surface area contributed by atoms with Gasteiger partial charge in [-0.25, -0.2) is 0 Å². The van der Waals surface area contributed by atoms with Crippen LogP contribution < -0.4 is 10.1 Å². The summed E-state index contributed by atoms with van der Waals surface area (Å²) in [4.78, 5) is 28.9. The van der Waals surface area contributed by atoms with Crippen LogP contribution in [0.25, 0.3) is 0 Å². The molecule has 0 aliphatic carbocycles. The van der Waals surface area contributed by atoms with E-state index < -0.39 is 6.04 Å². The van der Waals surface area contributed by atoms with Crippen molar-refractivity contribution in [2.75, 3.05) is 19.4 Å². The van der Waals surface area contributed by atoms with Gasteiger partial charge in [0, 0.05) is 35.2 Å². The van der Waals surface area contributed by atoms with Crippen LogP contribution in [-0.2, 0) is 16.1 Å². The summed E-state index contributed by atoms with van der Waals surface area (Å²) in [6, 6.07) is 14.7. The van der Waals surface area contributed by atoms with Gasteiger partial charge in [0.05, 0.1) is 7.11 Å². The topological polar surface area (TPSA) is 58.6 Å². The van der Waals surface area contributed by atoms with Crippen LogP contribution in [0.5, 0.6) is 5.75 Å². The van der Waals surface area contributed by atoms with E-state index in [1.54, 1.807) is 23.8 Å². The van der Waals surface area contributed by atoms with Gasteiger partial charge in [0.25, 0.3) is 0 Å². The van der Waals surface area contributed by atoms with Crippen LogP contribution in [-0.4, -0.2) is 42.2 Å². The molecule has 0 bridgehead atoms. The first-order valence-corrected chi connectivity index (χ1v) is 12.3. The highest BCUT2D eigenvalue weighted by atomic mass is 35.5. The van der Waals surface area contributed by atoms with E-state index in [4.69, 9.17) is 16.3 Å². The molecule has 0 saturated carbocycles. The van der Waals surface area contributed by atoms with Crippen LogP contribution in [0.3, 0.4) is 0 Å². The zero-order chi connectivity index (χ0) is 23.5. The van der Waals surface area contributed by atoms with Crippen LogP contribution in [0.2, 0.25) is 5.02 Å². The first-order valence-electron chi connectivity index (χ1n) is 10.9. The maximum Gasteiger partial charge on any atom is 0.242 e. The minimum absolute atomic E-state index is 0.0335. The largest absolute Gasteiger partial charge is 0.497 e. The number of carbonyl (C=O) groups is 2. The highest BCUT2D eigenvalue weighted by Gasteiger charge is 2.28. The molecule has 32 heavy (non-hydrogen) atoms. The van der Waals surface area contributed by atoms with Crippen LogP contribution in [0.4, 0.5) is 0 Å². The molecule has 0 radical (unpaired) electrons. The average Bonchev–Trinajstić information content (AvgIpc) is 2.79. The summed E-state index contributed by atoms with van der Waals surface area (Å²) >= 11 is 7.55. The van der Waals surface area contributed by atoms with E-state index in [1.807, 2.05) is 55.5 Å². The molecule has 0 saturated heterocycles. The second-order valence-corrected chi connectivity index (χ2v) is 9.59. The highest BCUT2D eigenvalue weighted by molar-refractivity contribution is 7.99. The molecule has 1 N–H and O–H groups in total. The maximum atomic E-state index is 13.2. The van der Waals surface area contributed by atoms with Crippen molar-refractivity contribution < 1.29 is 14.3 Å². The van der Waals surface area contributed by atoms with Crippen molar-refractivity contribution in [3.05, 3.63) is 59.1 Å². The fourth-order valence-electron chi connectivity index (χ4n) is 3.20. The van der Waals surface area contributed by atoms with E-state index in [1.165, 1.54) is 0 Å². The summed E-state index contributed by atoms with van der Waals surface area (Å²) < 4.78 is 5.23. The lowest BCUT2D eigenvalue weighted by molar-refractivity contribution is -0.141. The number of ether oxygens (including phenoxy) is 1. The normalized spacial score (nSPS) is 11.8. The molecule has 0 aromatic heterocycles. The standard InChI is InChI=1S/C25H33ClN2O3S/c1-5-23(25(30)27-16-18(2)3)28(17-19-6-10-21(31-4)11-7-19)24(29)14-15-32-22-12-8-20(26)9-13-22/h6-13,18,23H,5,14-17H2,1-4H3,(H,27,30)/t23-/m1/s1. The highest BCUT2D eigenvalue weighted by Crippen LogP contribution is 2.22. The number of nitrogens with one attached hydrogen (secondary N) is 1. The summed E-state index contributed by atoms with van der Waals surface area (Å²) in [7, 11) is 1.62. The minimum atomic E-state index is -0.510. The van der Waals surface area contributed by atoms with Crippen LogP contribution in [0.1, 0.15) is 39.2 Å². The van der Waals surface area contributed by atoms with Gasteiger partial charge in [-0.2, -0.15) is 0 Å². The first kappa shape index (κ1) is 26.1. The second-order valence-electron chi connectivity index (χ2n) is 7.99. The number of carbonyl (C=O) groups excluding carboxylic acids is 2. The molecule has 7 heteroatoms. The van der Waals surface area contributed by atoms with Gasteiger partial charge in [0.15, 0.2) is 0 Å². The third-order valence-corrected chi connectivity index (χ3v) is 6.25. The van der Waals surface area contributed by atoms with E-state index >= 15 is 0 Å². The van der Waals surface area contributed by atoms with Gasteiger partial charge in [0.1, 0.15) is 11.8 Å². The maximum absolute atomic E-state index is 13.2. The molecule has 0 aliphatic rings. The van der Waals surface area contributed by atoms with Crippen molar-refractivity contribution in [3.63, 3.8) is 0 Å². The van der Waals surface area contributed by atoms with Crippen LogP contribution in [0, 0.1) is 5.92 Å². The molecule has 1 atom stereocenters. The molecule has 0 unspecified atom stereocenters. The van der Waals surface area contributed by atoms with Gasteiger partial charge in [-0.1, -0.05) is 44.5 Å². The summed E-state index contributed by atoms with van der Waals surface area (Å²) in [5.41, 5.74) is 0.958.